The lowest BCUT2D eigenvalue weighted by Crippen LogP contribution is -2.32. The molecule has 0 saturated heterocycles. The summed E-state index contributed by atoms with van der Waals surface area (Å²) in [5.74, 6) is -0.311. The van der Waals surface area contributed by atoms with Gasteiger partial charge in [0.2, 0.25) is 0 Å². The maximum Gasteiger partial charge on any atom is 0.322 e. The van der Waals surface area contributed by atoms with E-state index in [2.05, 4.69) is 0 Å². The summed E-state index contributed by atoms with van der Waals surface area (Å²) >= 11 is 0. The van der Waals surface area contributed by atoms with Gasteiger partial charge in [0.15, 0.2) is 0 Å². The van der Waals surface area contributed by atoms with Crippen LogP contribution in [0, 0.1) is 0 Å². The van der Waals surface area contributed by atoms with Gasteiger partial charge >= 0.3 is 5.97 Å². The highest BCUT2D eigenvalue weighted by Crippen LogP contribution is 1.99. The smallest absolute Gasteiger partial charge is 0.322 e. The standard InChI is InChI=1S/C8H18N2O2.2H3N/c1-2-12-8(11)7(10)5-3-4-6-9;;/h7H,2-6,9-10H2,1H3;2*1H3. The van der Waals surface area contributed by atoms with Gasteiger partial charge in [-0.15, -0.1) is 0 Å². The molecule has 6 heteroatoms. The highest BCUT2D eigenvalue weighted by molar-refractivity contribution is 5.75. The molecule has 0 bridgehead atoms. The molecule has 0 aliphatic carbocycles. The fourth-order valence-corrected chi connectivity index (χ4v) is 0.876. The maximum absolute atomic E-state index is 11.0. The van der Waals surface area contributed by atoms with Crippen LogP contribution in [0.15, 0.2) is 0 Å². The van der Waals surface area contributed by atoms with Crippen LogP contribution in [0.5, 0.6) is 0 Å². The molecule has 0 radical (unpaired) electrons. The van der Waals surface area contributed by atoms with E-state index in [0.717, 1.165) is 12.8 Å². The van der Waals surface area contributed by atoms with Crippen molar-refractivity contribution in [1.82, 2.24) is 12.3 Å². The normalized spacial score (nSPS) is 10.8. The first-order valence-corrected chi connectivity index (χ1v) is 4.34. The summed E-state index contributed by atoms with van der Waals surface area (Å²) in [6, 6.07) is -0.475. The second-order valence-electron chi connectivity index (χ2n) is 2.64. The third kappa shape index (κ3) is 9.40. The molecule has 0 saturated carbocycles. The number of unbranched alkanes of at least 4 members (excludes halogenated alkanes) is 1. The molecular formula is C8H24N4O2. The summed E-state index contributed by atoms with van der Waals surface area (Å²) in [4.78, 5) is 11.0. The number of carbonyl (C=O) groups is 1. The van der Waals surface area contributed by atoms with Crippen LogP contribution in [0.1, 0.15) is 26.2 Å². The summed E-state index contributed by atoms with van der Waals surface area (Å²) in [5, 5.41) is 0. The Kier molecular flexibility index (Phi) is 16.7. The van der Waals surface area contributed by atoms with Crippen LogP contribution in [-0.2, 0) is 9.53 Å². The van der Waals surface area contributed by atoms with Crippen LogP contribution in [0.3, 0.4) is 0 Å². The van der Waals surface area contributed by atoms with Gasteiger partial charge in [0.05, 0.1) is 6.61 Å². The summed E-state index contributed by atoms with van der Waals surface area (Å²) in [5.41, 5.74) is 10.8. The van der Waals surface area contributed by atoms with Crippen molar-refractivity contribution in [3.05, 3.63) is 0 Å². The Hall–Kier alpha value is -0.690. The van der Waals surface area contributed by atoms with Crippen LogP contribution in [-0.4, -0.2) is 25.2 Å². The predicted octanol–water partition coefficient (Wildman–Crippen LogP) is 0.330. The van der Waals surface area contributed by atoms with E-state index in [-0.39, 0.29) is 18.3 Å². The molecule has 0 aromatic heterocycles. The van der Waals surface area contributed by atoms with Crippen LogP contribution in [0.4, 0.5) is 0 Å². The van der Waals surface area contributed by atoms with Gasteiger partial charge in [0.1, 0.15) is 6.04 Å². The molecule has 14 heavy (non-hydrogen) atoms. The third-order valence-electron chi connectivity index (χ3n) is 1.56. The number of rotatable bonds is 6. The highest BCUT2D eigenvalue weighted by atomic mass is 16.5. The van der Waals surface area contributed by atoms with Crippen molar-refractivity contribution in [3.63, 3.8) is 0 Å². The number of ether oxygens (including phenoxy) is 1. The van der Waals surface area contributed by atoms with E-state index in [4.69, 9.17) is 16.2 Å². The average molecular weight is 208 g/mol. The third-order valence-corrected chi connectivity index (χ3v) is 1.56. The van der Waals surface area contributed by atoms with Gasteiger partial charge in [0.25, 0.3) is 0 Å². The zero-order valence-corrected chi connectivity index (χ0v) is 9.00. The lowest BCUT2D eigenvalue weighted by molar-refractivity contribution is -0.144. The average Bonchev–Trinajstić information content (AvgIpc) is 2.05. The second kappa shape index (κ2) is 12.3. The van der Waals surface area contributed by atoms with Crippen molar-refractivity contribution < 1.29 is 9.53 Å². The minimum absolute atomic E-state index is 0. The molecule has 0 aromatic carbocycles. The molecule has 88 valence electrons. The van der Waals surface area contributed by atoms with Gasteiger partial charge in [-0.1, -0.05) is 6.42 Å². The number of nitrogens with two attached hydrogens (primary N) is 2. The van der Waals surface area contributed by atoms with Gasteiger partial charge < -0.3 is 28.5 Å². The molecule has 0 aliphatic rings. The molecule has 0 heterocycles. The quantitative estimate of drug-likeness (QED) is 0.365. The van der Waals surface area contributed by atoms with Gasteiger partial charge in [-0.2, -0.15) is 0 Å². The monoisotopic (exact) mass is 208 g/mol. The molecule has 0 rings (SSSR count). The zero-order chi connectivity index (χ0) is 9.40. The van der Waals surface area contributed by atoms with Crippen LogP contribution in [0.25, 0.3) is 0 Å². The van der Waals surface area contributed by atoms with E-state index in [1.165, 1.54) is 0 Å². The molecule has 6 nitrogen and oxygen atoms in total. The Morgan fingerprint density at radius 3 is 2.36 bits per heavy atom. The van der Waals surface area contributed by atoms with Crippen LogP contribution >= 0.6 is 0 Å². The Morgan fingerprint density at radius 2 is 1.93 bits per heavy atom. The summed E-state index contributed by atoms with van der Waals surface area (Å²) in [6.07, 6.45) is 2.46. The van der Waals surface area contributed by atoms with Crippen LogP contribution < -0.4 is 23.8 Å². The molecule has 1 unspecified atom stereocenters. The molecule has 0 amide bonds. The van der Waals surface area contributed by atoms with Gasteiger partial charge in [-0.25, -0.2) is 0 Å². The maximum atomic E-state index is 11.0. The number of hydrogen-bond donors (Lipinski definition) is 4. The number of carbonyl (C=O) groups excluding carboxylic acids is 1. The molecule has 0 aromatic rings. The summed E-state index contributed by atoms with van der Waals surface area (Å²) < 4.78 is 4.74. The van der Waals surface area contributed by atoms with Crippen molar-refractivity contribution in [3.8, 4) is 0 Å². The molecule has 0 aliphatic heterocycles. The topological polar surface area (TPSA) is 148 Å². The van der Waals surface area contributed by atoms with Crippen molar-refractivity contribution in [2.45, 2.75) is 32.2 Å². The Labute approximate surface area is 85.5 Å². The van der Waals surface area contributed by atoms with E-state index in [0.29, 0.717) is 19.6 Å². The molecule has 10 N–H and O–H groups in total. The van der Waals surface area contributed by atoms with Gasteiger partial charge in [-0.3, -0.25) is 4.79 Å². The fourth-order valence-electron chi connectivity index (χ4n) is 0.876. The van der Waals surface area contributed by atoms with E-state index in [1.54, 1.807) is 6.92 Å². The number of hydrogen-bond acceptors (Lipinski definition) is 6. The SMILES string of the molecule is CCOC(=O)C(N)CCCCN.N.N. The minimum atomic E-state index is -0.475. The predicted molar refractivity (Wildman–Crippen MR) is 57.6 cm³/mol. The minimum Gasteiger partial charge on any atom is -0.465 e. The van der Waals surface area contributed by atoms with Gasteiger partial charge in [-0.05, 0) is 26.3 Å². The molecule has 0 spiro atoms. The molecule has 1 atom stereocenters. The van der Waals surface area contributed by atoms with Gasteiger partial charge in [0, 0.05) is 0 Å². The van der Waals surface area contributed by atoms with E-state index < -0.39 is 6.04 Å². The van der Waals surface area contributed by atoms with Crippen LogP contribution in [0.2, 0.25) is 0 Å². The molecule has 0 fully saturated rings. The lowest BCUT2D eigenvalue weighted by Gasteiger charge is -2.09. The van der Waals surface area contributed by atoms with Crippen molar-refractivity contribution in [1.29, 1.82) is 0 Å². The Morgan fingerprint density at radius 1 is 1.36 bits per heavy atom. The fraction of sp³-hybridized carbons (Fsp3) is 0.875. The van der Waals surface area contributed by atoms with Crippen molar-refractivity contribution in [2.24, 2.45) is 11.5 Å². The summed E-state index contributed by atoms with van der Waals surface area (Å²) in [6.45, 7) is 2.81. The van der Waals surface area contributed by atoms with Crippen molar-refractivity contribution >= 4 is 5.97 Å². The number of esters is 1. The summed E-state index contributed by atoms with van der Waals surface area (Å²) in [7, 11) is 0. The Balaban J connectivity index is -0.000000605. The van der Waals surface area contributed by atoms with Crippen molar-refractivity contribution in [2.75, 3.05) is 13.2 Å². The lowest BCUT2D eigenvalue weighted by atomic mass is 10.1. The largest absolute Gasteiger partial charge is 0.465 e. The first kappa shape index (κ1) is 19.0. The zero-order valence-electron chi connectivity index (χ0n) is 9.00. The molecular weight excluding hydrogens is 184 g/mol. The first-order valence-electron chi connectivity index (χ1n) is 4.34. The van der Waals surface area contributed by atoms with E-state index in [9.17, 15) is 4.79 Å². The van der Waals surface area contributed by atoms with E-state index >= 15 is 0 Å². The van der Waals surface area contributed by atoms with E-state index in [1.807, 2.05) is 0 Å². The highest BCUT2D eigenvalue weighted by Gasteiger charge is 2.12. The second-order valence-corrected chi connectivity index (χ2v) is 2.64. The Bertz CT molecular complexity index is 133. The first-order chi connectivity index (χ1) is 5.72.